The molecule has 2 aromatic rings. The van der Waals surface area contributed by atoms with E-state index in [0.29, 0.717) is 5.69 Å². The summed E-state index contributed by atoms with van der Waals surface area (Å²) < 4.78 is 14.2. The van der Waals surface area contributed by atoms with Gasteiger partial charge in [0.15, 0.2) is 11.6 Å². The number of nitrogens with two attached hydrogens (primary N) is 2. The zero-order chi connectivity index (χ0) is 17.9. The molecule has 2 atom stereocenters. The second kappa shape index (κ2) is 7.22. The predicted octanol–water partition coefficient (Wildman–Crippen LogP) is 1.91. The van der Waals surface area contributed by atoms with Crippen molar-refractivity contribution >= 4 is 23.2 Å². The summed E-state index contributed by atoms with van der Waals surface area (Å²) >= 11 is 0. The van der Waals surface area contributed by atoms with Crippen molar-refractivity contribution in [1.82, 2.24) is 9.97 Å². The molecule has 1 amide bonds. The summed E-state index contributed by atoms with van der Waals surface area (Å²) in [5.41, 5.74) is 12.6. The third-order valence-electron chi connectivity index (χ3n) is 3.53. The highest BCUT2D eigenvalue weighted by molar-refractivity contribution is 5.98. The van der Waals surface area contributed by atoms with Crippen molar-refractivity contribution in [3.63, 3.8) is 0 Å². The number of anilines is 3. The van der Waals surface area contributed by atoms with Crippen LogP contribution in [0.2, 0.25) is 0 Å². The highest BCUT2D eigenvalue weighted by Gasteiger charge is 2.18. The molecule has 0 saturated carbocycles. The Balaban J connectivity index is 2.41. The first-order valence-electron chi connectivity index (χ1n) is 7.49. The number of rotatable bonds is 6. The third-order valence-corrected chi connectivity index (χ3v) is 3.53. The monoisotopic (exact) mass is 332 g/mol. The average Bonchev–Trinajstić information content (AvgIpc) is 2.49. The van der Waals surface area contributed by atoms with Gasteiger partial charge in [0.1, 0.15) is 5.82 Å². The summed E-state index contributed by atoms with van der Waals surface area (Å²) in [6, 6.07) is 2.46. The van der Waals surface area contributed by atoms with E-state index in [1.165, 1.54) is 0 Å². The van der Waals surface area contributed by atoms with Gasteiger partial charge in [-0.2, -0.15) is 0 Å². The number of nitrogens with one attached hydrogen (secondary N) is 2. The molecule has 0 aliphatic heterocycles. The second-order valence-electron chi connectivity index (χ2n) is 5.75. The van der Waals surface area contributed by atoms with Crippen LogP contribution >= 0.6 is 0 Å². The van der Waals surface area contributed by atoms with Crippen LogP contribution in [0.4, 0.5) is 21.7 Å². The molecule has 7 nitrogen and oxygen atoms in total. The molecule has 0 bridgehead atoms. The van der Waals surface area contributed by atoms with Crippen LogP contribution in [-0.2, 0) is 0 Å². The van der Waals surface area contributed by atoms with Crippen LogP contribution in [-0.4, -0.2) is 28.0 Å². The molecule has 0 spiro atoms. The largest absolute Gasteiger partial charge is 0.365 e. The van der Waals surface area contributed by atoms with Crippen LogP contribution < -0.4 is 22.1 Å². The fraction of sp³-hybridized carbons (Fsp3) is 0.312. The maximum Gasteiger partial charge on any atom is 0.252 e. The number of amides is 1. The summed E-state index contributed by atoms with van der Waals surface area (Å²) in [7, 11) is 0. The Kier molecular flexibility index (Phi) is 5.30. The molecule has 2 rings (SSSR count). The standard InChI is InChI=1S/C16H21FN6O/c1-8-4-11(7-20-6-8)22-15-12(14(19)24)5-13(17)16(23-15)21-10(3)9(2)18/h4-7,9-10H,18H2,1-3H3,(H2,19,24)(H2,21,22,23)/t9-,10+/m1/s1. The van der Waals surface area contributed by atoms with E-state index in [0.717, 1.165) is 11.6 Å². The highest BCUT2D eigenvalue weighted by Crippen LogP contribution is 2.24. The van der Waals surface area contributed by atoms with Crippen LogP contribution in [0.15, 0.2) is 24.5 Å². The molecule has 0 saturated heterocycles. The van der Waals surface area contributed by atoms with Crippen LogP contribution in [0, 0.1) is 12.7 Å². The fourth-order valence-electron chi connectivity index (χ4n) is 1.98. The predicted molar refractivity (Wildman–Crippen MR) is 91.7 cm³/mol. The lowest BCUT2D eigenvalue weighted by Crippen LogP contribution is -2.35. The van der Waals surface area contributed by atoms with Crippen LogP contribution in [0.3, 0.4) is 0 Å². The number of aryl methyl sites for hydroxylation is 1. The van der Waals surface area contributed by atoms with E-state index in [-0.39, 0.29) is 29.3 Å². The Bertz CT molecular complexity index is 749. The summed E-state index contributed by atoms with van der Waals surface area (Å²) in [5.74, 6) is -1.32. The van der Waals surface area contributed by atoms with Crippen LogP contribution in [0.5, 0.6) is 0 Å². The SMILES string of the molecule is Cc1cncc(Nc2nc(N[C@@H](C)[C@@H](C)N)c(F)cc2C(N)=O)c1. The molecule has 128 valence electrons. The smallest absolute Gasteiger partial charge is 0.252 e. The Morgan fingerprint density at radius 1 is 1.25 bits per heavy atom. The van der Waals surface area contributed by atoms with Crippen molar-refractivity contribution in [2.75, 3.05) is 10.6 Å². The first-order chi connectivity index (χ1) is 11.3. The summed E-state index contributed by atoms with van der Waals surface area (Å²) in [4.78, 5) is 19.8. The van der Waals surface area contributed by atoms with Crippen molar-refractivity contribution in [2.45, 2.75) is 32.9 Å². The van der Waals surface area contributed by atoms with Gasteiger partial charge in [-0.05, 0) is 38.5 Å². The lowest BCUT2D eigenvalue weighted by atomic mass is 10.1. The molecule has 0 aromatic carbocycles. The fourth-order valence-corrected chi connectivity index (χ4v) is 1.98. The zero-order valence-electron chi connectivity index (χ0n) is 13.8. The number of nitrogens with zero attached hydrogens (tertiary/aromatic N) is 2. The average molecular weight is 332 g/mol. The van der Waals surface area contributed by atoms with E-state index >= 15 is 0 Å². The molecule has 0 aliphatic rings. The quantitative estimate of drug-likeness (QED) is 0.641. The van der Waals surface area contributed by atoms with Gasteiger partial charge >= 0.3 is 0 Å². The van der Waals surface area contributed by atoms with Crippen molar-refractivity contribution in [3.8, 4) is 0 Å². The van der Waals surface area contributed by atoms with Crippen molar-refractivity contribution in [1.29, 1.82) is 0 Å². The number of hydrogen-bond donors (Lipinski definition) is 4. The zero-order valence-corrected chi connectivity index (χ0v) is 13.8. The first-order valence-corrected chi connectivity index (χ1v) is 7.49. The van der Waals surface area contributed by atoms with E-state index in [1.54, 1.807) is 19.3 Å². The lowest BCUT2D eigenvalue weighted by molar-refractivity contribution is 0.100. The maximum atomic E-state index is 14.2. The molecule has 0 radical (unpaired) electrons. The number of carbonyl (C=O) groups excluding carboxylic acids is 1. The molecule has 0 unspecified atom stereocenters. The van der Waals surface area contributed by atoms with E-state index in [2.05, 4.69) is 20.6 Å². The molecule has 2 aromatic heterocycles. The van der Waals surface area contributed by atoms with E-state index in [4.69, 9.17) is 11.5 Å². The third kappa shape index (κ3) is 4.17. The van der Waals surface area contributed by atoms with Gasteiger partial charge < -0.3 is 22.1 Å². The number of carbonyl (C=O) groups is 1. The molecule has 2 heterocycles. The number of pyridine rings is 2. The summed E-state index contributed by atoms with van der Waals surface area (Å²) in [6.07, 6.45) is 3.26. The molecular weight excluding hydrogens is 311 g/mol. The van der Waals surface area contributed by atoms with Gasteiger partial charge in [0.2, 0.25) is 0 Å². The number of hydrogen-bond acceptors (Lipinski definition) is 6. The molecule has 0 aliphatic carbocycles. The summed E-state index contributed by atoms with van der Waals surface area (Å²) in [6.45, 7) is 5.48. The van der Waals surface area contributed by atoms with Gasteiger partial charge in [0.25, 0.3) is 5.91 Å². The first kappa shape index (κ1) is 17.6. The Hall–Kier alpha value is -2.74. The minimum atomic E-state index is -0.781. The van der Waals surface area contributed by atoms with Gasteiger partial charge in [-0.3, -0.25) is 9.78 Å². The Morgan fingerprint density at radius 3 is 2.54 bits per heavy atom. The van der Waals surface area contributed by atoms with Crippen LogP contribution in [0.25, 0.3) is 0 Å². The molecule has 6 N–H and O–H groups in total. The van der Waals surface area contributed by atoms with Gasteiger partial charge in [-0.15, -0.1) is 0 Å². The van der Waals surface area contributed by atoms with E-state index in [1.807, 2.05) is 19.9 Å². The van der Waals surface area contributed by atoms with Gasteiger partial charge in [0.05, 0.1) is 17.4 Å². The minimum absolute atomic E-state index is 0.00656. The summed E-state index contributed by atoms with van der Waals surface area (Å²) in [5, 5.41) is 5.85. The topological polar surface area (TPSA) is 119 Å². The maximum absolute atomic E-state index is 14.2. The molecular formula is C16H21FN6O. The van der Waals surface area contributed by atoms with Gasteiger partial charge in [-0.25, -0.2) is 9.37 Å². The lowest BCUT2D eigenvalue weighted by Gasteiger charge is -2.20. The van der Waals surface area contributed by atoms with E-state index < -0.39 is 11.7 Å². The van der Waals surface area contributed by atoms with Gasteiger partial charge in [0, 0.05) is 18.3 Å². The van der Waals surface area contributed by atoms with E-state index in [9.17, 15) is 9.18 Å². The minimum Gasteiger partial charge on any atom is -0.365 e. The normalized spacial score (nSPS) is 13.2. The highest BCUT2D eigenvalue weighted by atomic mass is 19.1. The molecule has 24 heavy (non-hydrogen) atoms. The molecule has 8 heteroatoms. The van der Waals surface area contributed by atoms with Crippen molar-refractivity contribution in [2.24, 2.45) is 11.5 Å². The second-order valence-corrected chi connectivity index (χ2v) is 5.75. The molecule has 0 fully saturated rings. The Labute approximate surface area is 139 Å². The number of primary amides is 1. The van der Waals surface area contributed by atoms with Gasteiger partial charge in [-0.1, -0.05) is 0 Å². The van der Waals surface area contributed by atoms with Crippen molar-refractivity contribution in [3.05, 3.63) is 41.5 Å². The van der Waals surface area contributed by atoms with Crippen LogP contribution in [0.1, 0.15) is 29.8 Å². The Morgan fingerprint density at radius 2 is 1.96 bits per heavy atom. The number of aromatic nitrogens is 2. The van der Waals surface area contributed by atoms with Crippen molar-refractivity contribution < 1.29 is 9.18 Å². The number of halogens is 1.